The Balaban J connectivity index is 4.42. The van der Waals surface area contributed by atoms with Crippen LogP contribution >= 0.6 is 0 Å². The Kier molecular flexibility index (Phi) is 52.4. The van der Waals surface area contributed by atoms with Crippen LogP contribution in [0.25, 0.3) is 0 Å². The van der Waals surface area contributed by atoms with E-state index in [0.717, 1.165) is 109 Å². The zero-order chi connectivity index (χ0) is 48.6. The van der Waals surface area contributed by atoms with Gasteiger partial charge < -0.3 is 14.2 Å². The van der Waals surface area contributed by atoms with Crippen molar-refractivity contribution in [3.05, 3.63) is 85.1 Å². The Morgan fingerprint density at radius 2 is 0.582 bits per heavy atom. The Bertz CT molecular complexity index is 1300. The van der Waals surface area contributed by atoms with Gasteiger partial charge in [-0.05, 0) is 89.9 Å². The minimum absolute atomic E-state index is 0.0893. The Morgan fingerprint density at radius 1 is 0.313 bits per heavy atom. The Labute approximate surface area is 414 Å². The second-order valence-corrected chi connectivity index (χ2v) is 18.4. The molecule has 6 heteroatoms. The highest BCUT2D eigenvalue weighted by molar-refractivity contribution is 5.71. The topological polar surface area (TPSA) is 78.9 Å². The molecule has 0 rings (SSSR count). The number of unbranched alkanes of at least 4 members (excludes halogenated alkanes) is 25. The van der Waals surface area contributed by atoms with Gasteiger partial charge in [-0.3, -0.25) is 14.4 Å². The molecule has 0 aliphatic rings. The van der Waals surface area contributed by atoms with E-state index in [2.05, 4.69) is 106 Å². The van der Waals surface area contributed by atoms with E-state index in [-0.39, 0.29) is 31.1 Å². The Morgan fingerprint density at radius 3 is 0.925 bits per heavy atom. The summed E-state index contributed by atoms with van der Waals surface area (Å²) in [6.07, 6.45) is 71.4. The van der Waals surface area contributed by atoms with E-state index in [0.29, 0.717) is 19.3 Å². The summed E-state index contributed by atoms with van der Waals surface area (Å²) in [6, 6.07) is 0. The van der Waals surface area contributed by atoms with Gasteiger partial charge in [0.15, 0.2) is 6.10 Å². The lowest BCUT2D eigenvalue weighted by Crippen LogP contribution is -2.30. The maximum Gasteiger partial charge on any atom is 0.306 e. The zero-order valence-electron chi connectivity index (χ0n) is 43.9. The smallest absolute Gasteiger partial charge is 0.306 e. The molecule has 0 bridgehead atoms. The fourth-order valence-corrected chi connectivity index (χ4v) is 7.74. The molecule has 0 fully saturated rings. The van der Waals surface area contributed by atoms with Gasteiger partial charge in [0.2, 0.25) is 0 Å². The average Bonchev–Trinajstić information content (AvgIpc) is 3.33. The van der Waals surface area contributed by atoms with Crippen molar-refractivity contribution in [3.63, 3.8) is 0 Å². The molecule has 1 unspecified atom stereocenters. The molecule has 0 aliphatic carbocycles. The molecule has 0 heterocycles. The molecule has 0 spiro atoms. The van der Waals surface area contributed by atoms with Crippen LogP contribution in [0.3, 0.4) is 0 Å². The number of ether oxygens (including phenoxy) is 3. The number of carbonyl (C=O) groups is 3. The molecule has 0 aromatic rings. The van der Waals surface area contributed by atoms with E-state index in [9.17, 15) is 14.4 Å². The highest BCUT2D eigenvalue weighted by Crippen LogP contribution is 2.15. The van der Waals surface area contributed by atoms with Crippen LogP contribution in [-0.2, 0) is 28.6 Å². The second-order valence-electron chi connectivity index (χ2n) is 18.4. The van der Waals surface area contributed by atoms with Crippen molar-refractivity contribution in [1.82, 2.24) is 0 Å². The minimum Gasteiger partial charge on any atom is -0.462 e. The first kappa shape index (κ1) is 63.6. The summed E-state index contributed by atoms with van der Waals surface area (Å²) in [7, 11) is 0. The normalized spacial score (nSPS) is 12.7. The molecule has 0 N–H and O–H groups in total. The van der Waals surface area contributed by atoms with Crippen LogP contribution < -0.4 is 0 Å². The van der Waals surface area contributed by atoms with Gasteiger partial charge in [0.25, 0.3) is 0 Å². The van der Waals surface area contributed by atoms with Crippen molar-refractivity contribution in [2.45, 2.75) is 271 Å². The molecule has 0 radical (unpaired) electrons. The summed E-state index contributed by atoms with van der Waals surface area (Å²) >= 11 is 0. The van der Waals surface area contributed by atoms with Crippen LogP contribution in [0.15, 0.2) is 85.1 Å². The number of carbonyl (C=O) groups excluding carboxylic acids is 3. The lowest BCUT2D eigenvalue weighted by Gasteiger charge is -2.18. The SMILES string of the molecule is CC/C=C\C/C=C\C/C=C\C/C=C\CCCCCC(=O)OC(COC(=O)CCCCCCCCCCC/C=C\C/C=C\C/C=C\CC)COC(=O)CCCCCCCCCCCCCCCC. The molecule has 0 aromatic heterocycles. The van der Waals surface area contributed by atoms with Crippen LogP contribution in [0.5, 0.6) is 0 Å². The van der Waals surface area contributed by atoms with Crippen molar-refractivity contribution >= 4 is 17.9 Å². The van der Waals surface area contributed by atoms with Gasteiger partial charge in [0.05, 0.1) is 0 Å². The van der Waals surface area contributed by atoms with Crippen LogP contribution in [0.2, 0.25) is 0 Å². The number of hydrogen-bond acceptors (Lipinski definition) is 6. The minimum atomic E-state index is -0.794. The van der Waals surface area contributed by atoms with Gasteiger partial charge in [0, 0.05) is 19.3 Å². The maximum atomic E-state index is 12.8. The summed E-state index contributed by atoms with van der Waals surface area (Å²) in [5.41, 5.74) is 0. The van der Waals surface area contributed by atoms with E-state index in [1.807, 2.05) is 0 Å². The zero-order valence-corrected chi connectivity index (χ0v) is 43.9. The van der Waals surface area contributed by atoms with Crippen LogP contribution in [0.1, 0.15) is 265 Å². The third-order valence-corrected chi connectivity index (χ3v) is 11.9. The van der Waals surface area contributed by atoms with Gasteiger partial charge in [-0.25, -0.2) is 0 Å². The van der Waals surface area contributed by atoms with Crippen molar-refractivity contribution in [1.29, 1.82) is 0 Å². The fraction of sp³-hybridized carbons (Fsp3) is 0.721. The monoisotopic (exact) mass is 933 g/mol. The first-order valence-electron chi connectivity index (χ1n) is 28.1. The van der Waals surface area contributed by atoms with Gasteiger partial charge in [-0.2, -0.15) is 0 Å². The molecule has 0 saturated heterocycles. The quantitative estimate of drug-likeness (QED) is 0.0262. The van der Waals surface area contributed by atoms with Crippen LogP contribution in [0, 0.1) is 0 Å². The van der Waals surface area contributed by atoms with E-state index in [1.54, 1.807) is 0 Å². The number of esters is 3. The Hall–Kier alpha value is -3.41. The number of allylic oxidation sites excluding steroid dienone is 14. The third-order valence-electron chi connectivity index (χ3n) is 11.9. The molecule has 0 aromatic carbocycles. The summed E-state index contributed by atoms with van der Waals surface area (Å²) < 4.78 is 16.8. The highest BCUT2D eigenvalue weighted by atomic mass is 16.6. The molecule has 0 aliphatic heterocycles. The molecule has 384 valence electrons. The average molecular weight is 933 g/mol. The number of hydrogen-bond donors (Lipinski definition) is 0. The summed E-state index contributed by atoms with van der Waals surface area (Å²) in [5, 5.41) is 0. The summed E-state index contributed by atoms with van der Waals surface area (Å²) in [5.74, 6) is -0.920. The largest absolute Gasteiger partial charge is 0.462 e. The molecule has 1 atom stereocenters. The maximum absolute atomic E-state index is 12.8. The summed E-state index contributed by atoms with van der Waals surface area (Å²) in [6.45, 7) is 6.40. The highest BCUT2D eigenvalue weighted by Gasteiger charge is 2.19. The predicted octanol–water partition coefficient (Wildman–Crippen LogP) is 18.8. The molecule has 67 heavy (non-hydrogen) atoms. The van der Waals surface area contributed by atoms with Crippen molar-refractivity contribution in [2.75, 3.05) is 13.2 Å². The van der Waals surface area contributed by atoms with E-state index >= 15 is 0 Å². The van der Waals surface area contributed by atoms with Crippen LogP contribution in [0.4, 0.5) is 0 Å². The lowest BCUT2D eigenvalue weighted by atomic mass is 10.0. The van der Waals surface area contributed by atoms with Gasteiger partial charge in [-0.15, -0.1) is 0 Å². The van der Waals surface area contributed by atoms with E-state index < -0.39 is 6.10 Å². The van der Waals surface area contributed by atoms with E-state index in [1.165, 1.54) is 116 Å². The van der Waals surface area contributed by atoms with Crippen molar-refractivity contribution in [3.8, 4) is 0 Å². The molecular formula is C61H104O6. The van der Waals surface area contributed by atoms with Crippen molar-refractivity contribution in [2.24, 2.45) is 0 Å². The second kappa shape index (κ2) is 55.2. The first-order valence-corrected chi connectivity index (χ1v) is 28.1. The summed E-state index contributed by atoms with van der Waals surface area (Å²) in [4.78, 5) is 38.1. The third kappa shape index (κ3) is 53.4. The standard InChI is InChI=1S/C61H104O6/c1-4-7-10-13-16-19-22-25-28-30-31-32-34-36-39-42-45-48-51-54-60(63)66-57-58(56-65-59(62)53-50-47-44-41-38-35-27-24-21-18-15-12-9-6-3)67-61(64)55-52-49-46-43-40-37-33-29-26-23-20-17-14-11-8-5-2/h7-8,10-11,16-17,19-20,25-26,28-29,37,40,58H,4-6,9,12-15,18,21-24,27,30-36,38-39,41-57H2,1-3H3/b10-7-,11-8-,19-16-,20-17-,28-25-,29-26-,40-37-. The molecule has 6 nitrogen and oxygen atoms in total. The predicted molar refractivity (Wildman–Crippen MR) is 288 cm³/mol. The first-order chi connectivity index (χ1) is 33.0. The van der Waals surface area contributed by atoms with Crippen molar-refractivity contribution < 1.29 is 28.6 Å². The molecular weight excluding hydrogens is 829 g/mol. The van der Waals surface area contributed by atoms with Gasteiger partial charge in [0.1, 0.15) is 13.2 Å². The number of rotatable bonds is 50. The molecule has 0 amide bonds. The fourth-order valence-electron chi connectivity index (χ4n) is 7.74. The van der Waals surface area contributed by atoms with E-state index in [4.69, 9.17) is 14.2 Å². The van der Waals surface area contributed by atoms with Gasteiger partial charge >= 0.3 is 17.9 Å². The van der Waals surface area contributed by atoms with Gasteiger partial charge in [-0.1, -0.05) is 241 Å². The lowest BCUT2D eigenvalue weighted by molar-refractivity contribution is -0.167. The molecule has 0 saturated carbocycles. The van der Waals surface area contributed by atoms with Crippen LogP contribution in [-0.4, -0.2) is 37.2 Å².